The van der Waals surface area contributed by atoms with Crippen LogP contribution in [0, 0.1) is 0 Å². The highest BCUT2D eigenvalue weighted by molar-refractivity contribution is 5.92. The molecule has 20 heavy (non-hydrogen) atoms. The van der Waals surface area contributed by atoms with Gasteiger partial charge in [-0.05, 0) is 11.3 Å². The Morgan fingerprint density at radius 3 is 2.95 bits per heavy atom. The van der Waals surface area contributed by atoms with E-state index >= 15 is 0 Å². The highest BCUT2D eigenvalue weighted by Crippen LogP contribution is 2.15. The normalized spacial score (nSPS) is 11.6. The summed E-state index contributed by atoms with van der Waals surface area (Å²) in [6.45, 7) is 0.779. The van der Waals surface area contributed by atoms with Gasteiger partial charge in [0.2, 0.25) is 0 Å². The molecular weight excluding hydrogens is 258 g/mol. The van der Waals surface area contributed by atoms with E-state index in [2.05, 4.69) is 25.7 Å². The second kappa shape index (κ2) is 6.62. The Morgan fingerprint density at radius 1 is 1.45 bits per heavy atom. The van der Waals surface area contributed by atoms with Crippen LogP contribution >= 0.6 is 0 Å². The second-order valence-corrected chi connectivity index (χ2v) is 4.11. The molecule has 0 aliphatic heterocycles. The number of anilines is 1. The quantitative estimate of drug-likeness (QED) is 0.600. The van der Waals surface area contributed by atoms with E-state index in [0.717, 1.165) is 11.3 Å². The maximum absolute atomic E-state index is 5.84. The largest absolute Gasteiger partial charge is 0.380 e. The van der Waals surface area contributed by atoms with Gasteiger partial charge in [-0.1, -0.05) is 18.2 Å². The molecule has 2 aromatic rings. The van der Waals surface area contributed by atoms with Gasteiger partial charge in [0, 0.05) is 18.4 Å². The molecule has 0 unspecified atom stereocenters. The smallest absolute Gasteiger partial charge is 0.196 e. The van der Waals surface area contributed by atoms with Crippen molar-refractivity contribution in [3.8, 4) is 0 Å². The molecule has 1 heterocycles. The Morgan fingerprint density at radius 2 is 2.25 bits per heavy atom. The fourth-order valence-electron chi connectivity index (χ4n) is 1.64. The minimum Gasteiger partial charge on any atom is -0.380 e. The monoisotopic (exact) mass is 275 g/mol. The lowest BCUT2D eigenvalue weighted by Crippen LogP contribution is -2.23. The average Bonchev–Trinajstić information content (AvgIpc) is 2.85. The summed E-state index contributed by atoms with van der Waals surface area (Å²) in [4.78, 5) is 5.55. The number of nitrogens with one attached hydrogen (secondary N) is 1. The van der Waals surface area contributed by atoms with Crippen molar-refractivity contribution in [2.45, 2.75) is 13.2 Å². The maximum Gasteiger partial charge on any atom is 0.196 e. The van der Waals surface area contributed by atoms with Crippen LogP contribution in [0.2, 0.25) is 0 Å². The van der Waals surface area contributed by atoms with Crippen molar-refractivity contribution in [2.75, 3.05) is 12.4 Å². The molecule has 0 fully saturated rings. The third-order valence-electron chi connectivity index (χ3n) is 2.52. The van der Waals surface area contributed by atoms with Crippen LogP contribution in [0.5, 0.6) is 0 Å². The predicted molar refractivity (Wildman–Crippen MR) is 74.9 cm³/mol. The van der Waals surface area contributed by atoms with Crippen LogP contribution in [0.25, 0.3) is 0 Å². The summed E-state index contributed by atoms with van der Waals surface area (Å²) >= 11 is 0. The molecule has 2 rings (SSSR count). The Kier molecular flexibility index (Phi) is 4.61. The van der Waals surface area contributed by atoms with Gasteiger partial charge in [-0.2, -0.15) is 4.80 Å². The lowest BCUT2D eigenvalue weighted by molar-refractivity contribution is 0.185. The number of tetrazole rings is 1. The van der Waals surface area contributed by atoms with Gasteiger partial charge in [-0.25, -0.2) is 4.99 Å². The molecule has 0 amide bonds. The van der Waals surface area contributed by atoms with Gasteiger partial charge >= 0.3 is 0 Å². The molecular formula is C12H17N7O. The van der Waals surface area contributed by atoms with Gasteiger partial charge in [0.05, 0.1) is 13.7 Å². The number of hydrogen-bond acceptors (Lipinski definition) is 5. The molecule has 106 valence electrons. The number of rotatable bonds is 5. The van der Waals surface area contributed by atoms with Crippen molar-refractivity contribution in [3.05, 3.63) is 35.7 Å². The van der Waals surface area contributed by atoms with Gasteiger partial charge < -0.3 is 15.8 Å². The first-order valence-corrected chi connectivity index (χ1v) is 6.05. The zero-order valence-electron chi connectivity index (χ0n) is 11.4. The first-order valence-electron chi connectivity index (χ1n) is 6.05. The standard InChI is InChI=1S/C12H17N7O/c1-19-17-11(16-18-19)7-14-12(13)15-10-6-4-3-5-9(10)8-20-2/h3-6H,7-8H2,1-2H3,(H3,13,14,15). The van der Waals surface area contributed by atoms with E-state index in [1.807, 2.05) is 24.3 Å². The summed E-state index contributed by atoms with van der Waals surface area (Å²) in [5, 5.41) is 14.6. The van der Waals surface area contributed by atoms with Gasteiger partial charge in [0.1, 0.15) is 6.54 Å². The molecule has 0 radical (unpaired) electrons. The summed E-state index contributed by atoms with van der Waals surface area (Å²) < 4.78 is 5.13. The first kappa shape index (κ1) is 13.9. The number of nitrogens with two attached hydrogens (primary N) is 1. The number of aromatic nitrogens is 4. The number of hydrogen-bond donors (Lipinski definition) is 2. The summed E-state index contributed by atoms with van der Waals surface area (Å²) in [6.07, 6.45) is 0. The van der Waals surface area contributed by atoms with E-state index in [1.54, 1.807) is 14.2 Å². The van der Waals surface area contributed by atoms with Crippen LogP contribution in [-0.4, -0.2) is 33.3 Å². The Balaban J connectivity index is 2.01. The molecule has 0 saturated heterocycles. The Bertz CT molecular complexity index is 593. The van der Waals surface area contributed by atoms with E-state index in [1.165, 1.54) is 4.80 Å². The number of nitrogens with zero attached hydrogens (tertiary/aromatic N) is 5. The third kappa shape index (κ3) is 3.75. The number of aryl methyl sites for hydroxylation is 1. The van der Waals surface area contributed by atoms with E-state index in [-0.39, 0.29) is 6.54 Å². The van der Waals surface area contributed by atoms with Crippen LogP contribution in [0.1, 0.15) is 11.4 Å². The topological polar surface area (TPSA) is 103 Å². The highest BCUT2D eigenvalue weighted by atomic mass is 16.5. The number of para-hydroxylation sites is 1. The second-order valence-electron chi connectivity index (χ2n) is 4.11. The number of ether oxygens (including phenoxy) is 1. The summed E-state index contributed by atoms with van der Waals surface area (Å²) in [6, 6.07) is 7.73. The van der Waals surface area contributed by atoms with Crippen molar-refractivity contribution in [1.29, 1.82) is 0 Å². The first-order chi connectivity index (χ1) is 9.69. The molecule has 1 aromatic heterocycles. The zero-order chi connectivity index (χ0) is 14.4. The summed E-state index contributed by atoms with van der Waals surface area (Å²) in [5.41, 5.74) is 7.71. The van der Waals surface area contributed by atoms with Gasteiger partial charge in [-0.15, -0.1) is 10.2 Å². The van der Waals surface area contributed by atoms with Crippen molar-refractivity contribution in [1.82, 2.24) is 20.2 Å². The van der Waals surface area contributed by atoms with Crippen LogP contribution in [0.3, 0.4) is 0 Å². The van der Waals surface area contributed by atoms with E-state index in [0.29, 0.717) is 18.4 Å². The van der Waals surface area contributed by atoms with Crippen LogP contribution < -0.4 is 11.1 Å². The van der Waals surface area contributed by atoms with Crippen LogP contribution in [-0.2, 0) is 24.9 Å². The fourth-order valence-corrected chi connectivity index (χ4v) is 1.64. The maximum atomic E-state index is 5.84. The van der Waals surface area contributed by atoms with Gasteiger partial charge in [0.25, 0.3) is 0 Å². The van der Waals surface area contributed by atoms with Crippen molar-refractivity contribution >= 4 is 11.6 Å². The molecule has 0 saturated carbocycles. The van der Waals surface area contributed by atoms with Gasteiger partial charge in [0.15, 0.2) is 11.8 Å². The average molecular weight is 275 g/mol. The number of guanidine groups is 1. The lowest BCUT2D eigenvalue weighted by atomic mass is 10.2. The minimum atomic E-state index is 0.277. The molecule has 1 aromatic carbocycles. The molecule has 0 bridgehead atoms. The number of methoxy groups -OCH3 is 1. The summed E-state index contributed by atoms with van der Waals surface area (Å²) in [7, 11) is 3.34. The van der Waals surface area contributed by atoms with Crippen molar-refractivity contribution in [3.63, 3.8) is 0 Å². The predicted octanol–water partition coefficient (Wildman–Crippen LogP) is 0.283. The molecule has 8 heteroatoms. The van der Waals surface area contributed by atoms with Crippen LogP contribution in [0.15, 0.2) is 29.3 Å². The van der Waals surface area contributed by atoms with Crippen LogP contribution in [0.4, 0.5) is 5.69 Å². The molecule has 0 spiro atoms. The molecule has 0 aliphatic rings. The third-order valence-corrected chi connectivity index (χ3v) is 2.52. The zero-order valence-corrected chi connectivity index (χ0v) is 11.4. The number of aliphatic imine (C=N–C) groups is 1. The lowest BCUT2D eigenvalue weighted by Gasteiger charge is -2.10. The summed E-state index contributed by atoms with van der Waals surface area (Å²) in [5.74, 6) is 0.809. The Labute approximate surface area is 116 Å². The van der Waals surface area contributed by atoms with E-state index in [9.17, 15) is 0 Å². The molecule has 0 aliphatic carbocycles. The van der Waals surface area contributed by atoms with E-state index < -0.39 is 0 Å². The molecule has 8 nitrogen and oxygen atoms in total. The number of benzene rings is 1. The van der Waals surface area contributed by atoms with E-state index in [4.69, 9.17) is 10.5 Å². The van der Waals surface area contributed by atoms with Crippen molar-refractivity contribution in [2.24, 2.45) is 17.8 Å². The minimum absolute atomic E-state index is 0.277. The highest BCUT2D eigenvalue weighted by Gasteiger charge is 2.03. The molecule has 0 atom stereocenters. The van der Waals surface area contributed by atoms with Crippen molar-refractivity contribution < 1.29 is 4.74 Å². The SMILES string of the molecule is COCc1ccccc1NC(N)=NCc1nnn(C)n1. The molecule has 3 N–H and O–H groups in total. The fraction of sp³-hybridized carbons (Fsp3) is 0.333. The van der Waals surface area contributed by atoms with Gasteiger partial charge in [-0.3, -0.25) is 0 Å². The Hall–Kier alpha value is -2.48.